The number of aromatic nitrogens is 1. The van der Waals surface area contributed by atoms with E-state index in [1.807, 2.05) is 11.3 Å². The van der Waals surface area contributed by atoms with E-state index >= 15 is 0 Å². The lowest BCUT2D eigenvalue weighted by Gasteiger charge is -2.32. The van der Waals surface area contributed by atoms with Crippen LogP contribution in [-0.2, 0) is 17.6 Å². The number of fused-ring (bicyclic) bond motifs is 12. The molecule has 5 aliphatic rings. The second-order valence-electron chi connectivity index (χ2n) is 18.7. The zero-order chi connectivity index (χ0) is 42.6. The van der Waals surface area contributed by atoms with Crippen LogP contribution < -0.4 is 4.90 Å². The minimum absolute atomic E-state index is 0.0950. The molecule has 64 heavy (non-hydrogen) atoms. The highest BCUT2D eigenvalue weighted by molar-refractivity contribution is 7.25. The van der Waals surface area contributed by atoms with Gasteiger partial charge in [0.05, 0.1) is 24.3 Å². The molecule has 0 amide bonds. The summed E-state index contributed by atoms with van der Waals surface area (Å²) in [5.74, 6) is 0.957. The van der Waals surface area contributed by atoms with Gasteiger partial charge < -0.3 is 14.2 Å². The van der Waals surface area contributed by atoms with Crippen LogP contribution in [-0.4, -0.2) is 23.3 Å². The van der Waals surface area contributed by atoms with E-state index in [4.69, 9.17) is 4.74 Å². The molecule has 3 nitrogen and oxygen atoms in total. The number of aryl methyl sites for hydroxylation is 1. The van der Waals surface area contributed by atoms with Gasteiger partial charge in [0.15, 0.2) is 0 Å². The van der Waals surface area contributed by atoms with Gasteiger partial charge in [-0.25, -0.2) is 0 Å². The number of rotatable bonds is 6. The fourth-order valence-electron chi connectivity index (χ4n) is 12.1. The topological polar surface area (TPSA) is 17.4 Å². The average Bonchev–Trinajstić information content (AvgIpc) is 4.04. The minimum Gasteiger partial charge on any atom is -0.370 e. The molecule has 0 spiro atoms. The molecule has 8 aromatic rings. The molecule has 3 aliphatic carbocycles. The van der Waals surface area contributed by atoms with E-state index in [0.717, 1.165) is 19.3 Å². The first kappa shape index (κ1) is 38.0. The highest BCUT2D eigenvalue weighted by atomic mass is 32.1. The third-order valence-electron chi connectivity index (χ3n) is 15.0. The Morgan fingerprint density at radius 2 is 1.52 bits per heavy atom. The third-order valence-corrected chi connectivity index (χ3v) is 16.1. The van der Waals surface area contributed by atoms with Crippen LogP contribution in [0.25, 0.3) is 54.0 Å². The first-order chi connectivity index (χ1) is 31.5. The Labute approximate surface area is 379 Å². The van der Waals surface area contributed by atoms with Crippen LogP contribution in [0.5, 0.6) is 0 Å². The molecule has 0 bridgehead atoms. The molecule has 2 aromatic heterocycles. The predicted molar refractivity (Wildman–Crippen MR) is 269 cm³/mol. The second-order valence-corrected chi connectivity index (χ2v) is 19.8. The van der Waals surface area contributed by atoms with Crippen LogP contribution in [0, 0.1) is 0 Å². The van der Waals surface area contributed by atoms with Crippen molar-refractivity contribution in [3.8, 4) is 16.8 Å². The van der Waals surface area contributed by atoms with Crippen LogP contribution in [0.3, 0.4) is 0 Å². The van der Waals surface area contributed by atoms with Crippen LogP contribution in [0.1, 0.15) is 84.0 Å². The fourth-order valence-corrected chi connectivity index (χ4v) is 13.2. The summed E-state index contributed by atoms with van der Waals surface area (Å²) in [7, 11) is 0. The lowest BCUT2D eigenvalue weighted by Crippen LogP contribution is -2.33. The average molecular weight is 847 g/mol. The summed E-state index contributed by atoms with van der Waals surface area (Å²) in [6, 6.07) is 49.1. The lowest BCUT2D eigenvalue weighted by molar-refractivity contribution is 0.118. The highest BCUT2D eigenvalue weighted by Gasteiger charge is 2.40. The third kappa shape index (κ3) is 5.89. The van der Waals surface area contributed by atoms with Gasteiger partial charge >= 0.3 is 0 Å². The number of anilines is 1. The van der Waals surface area contributed by atoms with E-state index in [2.05, 4.69) is 200 Å². The lowest BCUT2D eigenvalue weighted by atomic mass is 9.84. The molecule has 0 radical (unpaired) electrons. The molecule has 6 aromatic carbocycles. The van der Waals surface area contributed by atoms with Crippen LogP contribution in [0.4, 0.5) is 5.69 Å². The number of ether oxygens (including phenoxy) is 1. The van der Waals surface area contributed by atoms with E-state index in [-0.39, 0.29) is 18.1 Å². The van der Waals surface area contributed by atoms with E-state index in [1.54, 1.807) is 0 Å². The Bertz CT molecular complexity index is 3400. The van der Waals surface area contributed by atoms with Crippen molar-refractivity contribution in [2.24, 2.45) is 0 Å². The number of benzene rings is 6. The van der Waals surface area contributed by atoms with Crippen molar-refractivity contribution in [1.29, 1.82) is 0 Å². The summed E-state index contributed by atoms with van der Waals surface area (Å²) in [6.07, 6.45) is 19.6. The van der Waals surface area contributed by atoms with Crippen molar-refractivity contribution in [1.82, 2.24) is 4.57 Å². The van der Waals surface area contributed by atoms with Crippen molar-refractivity contribution >= 4 is 54.2 Å². The number of para-hydroxylation sites is 1. The summed E-state index contributed by atoms with van der Waals surface area (Å²) in [5, 5.41) is 4.12. The predicted octanol–water partition coefficient (Wildman–Crippen LogP) is 15.1. The van der Waals surface area contributed by atoms with Gasteiger partial charge in [-0.2, -0.15) is 0 Å². The van der Waals surface area contributed by atoms with Crippen LogP contribution in [0.2, 0.25) is 0 Å². The maximum absolute atomic E-state index is 6.17. The summed E-state index contributed by atoms with van der Waals surface area (Å²) in [6.45, 7) is 7.27. The molecule has 0 N–H and O–H groups in total. The Morgan fingerprint density at radius 3 is 2.45 bits per heavy atom. The van der Waals surface area contributed by atoms with Gasteiger partial charge in [0.25, 0.3) is 0 Å². The molecule has 13 rings (SSSR count). The van der Waals surface area contributed by atoms with Gasteiger partial charge in [0.1, 0.15) is 0 Å². The van der Waals surface area contributed by atoms with E-state index in [1.165, 1.54) is 109 Å². The van der Waals surface area contributed by atoms with Crippen molar-refractivity contribution in [2.45, 2.75) is 69.9 Å². The van der Waals surface area contributed by atoms with Crippen LogP contribution >= 0.6 is 11.3 Å². The molecular formula is C60H50N2OS. The zero-order valence-electron chi connectivity index (χ0n) is 36.6. The maximum atomic E-state index is 6.17. The van der Waals surface area contributed by atoms with Crippen molar-refractivity contribution in [2.75, 3.05) is 11.5 Å². The monoisotopic (exact) mass is 846 g/mol. The molecular weight excluding hydrogens is 797 g/mol. The highest BCUT2D eigenvalue weighted by Crippen LogP contribution is 2.51. The van der Waals surface area contributed by atoms with Gasteiger partial charge in [0.2, 0.25) is 0 Å². The number of nitrogens with zero attached hydrogens (tertiary/aromatic N) is 2. The van der Waals surface area contributed by atoms with Gasteiger partial charge in [-0.05, 0) is 144 Å². The number of hydrogen-bond donors (Lipinski definition) is 0. The molecule has 0 saturated carbocycles. The van der Waals surface area contributed by atoms with Gasteiger partial charge in [0, 0.05) is 66.1 Å². The van der Waals surface area contributed by atoms with E-state index < -0.39 is 0 Å². The first-order valence-electron chi connectivity index (χ1n) is 23.2. The van der Waals surface area contributed by atoms with Gasteiger partial charge in [-0.1, -0.05) is 121 Å². The smallest absolute Gasteiger partial charge is 0.0738 e. The Balaban J connectivity index is 0.830. The van der Waals surface area contributed by atoms with E-state index in [0.29, 0.717) is 18.4 Å². The second kappa shape index (κ2) is 14.8. The minimum atomic E-state index is 0.0950. The first-order valence-corrected chi connectivity index (χ1v) is 24.0. The number of hydrogen-bond acceptors (Lipinski definition) is 3. The van der Waals surface area contributed by atoms with Crippen molar-refractivity contribution in [3.63, 3.8) is 0 Å². The summed E-state index contributed by atoms with van der Waals surface area (Å²) < 4.78 is 11.4. The Kier molecular flexibility index (Phi) is 8.80. The van der Waals surface area contributed by atoms with Crippen molar-refractivity contribution in [3.05, 3.63) is 220 Å². The van der Waals surface area contributed by atoms with Gasteiger partial charge in [-0.15, -0.1) is 11.3 Å². The van der Waals surface area contributed by atoms with Gasteiger partial charge in [-0.3, -0.25) is 0 Å². The molecule has 4 heteroatoms. The molecule has 0 fully saturated rings. The largest absolute Gasteiger partial charge is 0.370 e. The summed E-state index contributed by atoms with van der Waals surface area (Å²) in [5.41, 5.74) is 20.4. The SMILES string of the molecule is CC1=CC(C)OCC(C)=C1N1c2ccc(-n3c4c(c5ccccc53)CC(c3ccc5c(c3)-c3ccccc3C5CCc3ccc5sc6ccccc6c5c3)C=C4)cc2C2C=CC=CC21. The number of allylic oxidation sites excluding steroid dienone is 4. The summed E-state index contributed by atoms with van der Waals surface area (Å²) in [4.78, 5) is 2.59. The quantitative estimate of drug-likeness (QED) is 0.166. The fraction of sp³-hybridized carbons (Fsp3) is 0.200. The zero-order valence-corrected chi connectivity index (χ0v) is 37.4. The molecule has 312 valence electrons. The molecule has 5 unspecified atom stereocenters. The molecule has 4 heterocycles. The van der Waals surface area contributed by atoms with Crippen molar-refractivity contribution < 1.29 is 4.74 Å². The molecule has 0 saturated heterocycles. The number of thiophene rings is 1. The maximum Gasteiger partial charge on any atom is 0.0738 e. The molecule has 2 aliphatic heterocycles. The normalized spacial score (nSPS) is 21.9. The van der Waals surface area contributed by atoms with Crippen LogP contribution in [0.15, 0.2) is 181 Å². The summed E-state index contributed by atoms with van der Waals surface area (Å²) >= 11 is 1.90. The van der Waals surface area contributed by atoms with E-state index in [9.17, 15) is 0 Å². The standard InChI is InChI=1S/C60H50N2OS/c1-36-30-38(3)63-35-37(2)60(36)62-55-18-10-7-15-48(55)52-34-42(24-28-57(52)62)61-54-17-9-6-14-47(54)51-33-41(23-27-56(51)61)40-22-26-46-45(43-12-4-5-13-44(43)50(46)32-40)25-20-39-21-29-59-53(31-39)49-16-8-11-19-58(49)64-59/h4-19,21-24,26-32,34,38,41,45,48,55H,20,25,33,35H2,1-3H3. The Morgan fingerprint density at radius 1 is 0.703 bits per heavy atom. The Hall–Kier alpha value is -6.46. The molecule has 5 atom stereocenters.